The molecule has 0 fully saturated rings. The predicted octanol–water partition coefficient (Wildman–Crippen LogP) is 3.43. The number of carbonyl (C=O) groups excluding carboxylic acids is 2. The van der Waals surface area contributed by atoms with Crippen LogP contribution in [0.15, 0.2) is 42.5 Å². The second-order valence-corrected chi connectivity index (χ2v) is 5.92. The topological polar surface area (TPSA) is 55.4 Å². The van der Waals surface area contributed by atoms with E-state index in [-0.39, 0.29) is 12.0 Å². The van der Waals surface area contributed by atoms with Gasteiger partial charge in [0.2, 0.25) is 5.91 Å². The summed E-state index contributed by atoms with van der Waals surface area (Å²) in [5.41, 5.74) is -1.27. The van der Waals surface area contributed by atoms with Crippen LogP contribution in [0, 0.1) is 11.6 Å². The SMILES string of the molecule is COC(=O)[C@H](Cc1cccc(C(F)(F)F)c1)NC(=O)Cc1c(F)cccc1F. The summed E-state index contributed by atoms with van der Waals surface area (Å²) in [6, 6.07) is 6.01. The molecule has 0 radical (unpaired) electrons. The van der Waals surface area contributed by atoms with Crippen molar-refractivity contribution in [2.24, 2.45) is 0 Å². The van der Waals surface area contributed by atoms with E-state index in [0.717, 1.165) is 37.4 Å². The van der Waals surface area contributed by atoms with E-state index in [1.165, 1.54) is 12.1 Å². The third kappa shape index (κ3) is 5.51. The minimum Gasteiger partial charge on any atom is -0.467 e. The number of carbonyl (C=O) groups is 2. The second-order valence-electron chi connectivity index (χ2n) is 5.92. The maximum absolute atomic E-state index is 13.7. The smallest absolute Gasteiger partial charge is 0.416 e. The Morgan fingerprint density at radius 3 is 2.25 bits per heavy atom. The number of hydrogen-bond donors (Lipinski definition) is 1. The molecule has 2 aromatic rings. The quantitative estimate of drug-likeness (QED) is 0.596. The summed E-state index contributed by atoms with van der Waals surface area (Å²) in [6.45, 7) is 0. The molecule has 0 aliphatic rings. The lowest BCUT2D eigenvalue weighted by Crippen LogP contribution is -2.43. The summed E-state index contributed by atoms with van der Waals surface area (Å²) in [7, 11) is 1.05. The van der Waals surface area contributed by atoms with Crippen LogP contribution in [-0.4, -0.2) is 25.0 Å². The van der Waals surface area contributed by atoms with Gasteiger partial charge in [0, 0.05) is 12.0 Å². The Morgan fingerprint density at radius 2 is 1.68 bits per heavy atom. The molecule has 150 valence electrons. The first-order valence-electron chi connectivity index (χ1n) is 8.08. The molecule has 0 aliphatic heterocycles. The first-order chi connectivity index (χ1) is 13.1. The number of alkyl halides is 3. The van der Waals surface area contributed by atoms with E-state index < -0.39 is 53.3 Å². The van der Waals surface area contributed by atoms with Gasteiger partial charge in [-0.15, -0.1) is 0 Å². The van der Waals surface area contributed by atoms with Crippen LogP contribution in [0.5, 0.6) is 0 Å². The fraction of sp³-hybridized carbons (Fsp3) is 0.263. The van der Waals surface area contributed by atoms with Crippen molar-refractivity contribution in [1.82, 2.24) is 5.32 Å². The number of rotatable bonds is 6. The Morgan fingerprint density at radius 1 is 1.07 bits per heavy atom. The van der Waals surface area contributed by atoms with E-state index in [9.17, 15) is 31.5 Å². The van der Waals surface area contributed by atoms with Crippen LogP contribution in [-0.2, 0) is 33.3 Å². The van der Waals surface area contributed by atoms with Gasteiger partial charge in [0.15, 0.2) is 0 Å². The van der Waals surface area contributed by atoms with Crippen molar-refractivity contribution in [3.63, 3.8) is 0 Å². The van der Waals surface area contributed by atoms with Crippen LogP contribution < -0.4 is 5.32 Å². The Bertz CT molecular complexity index is 847. The van der Waals surface area contributed by atoms with Gasteiger partial charge >= 0.3 is 12.1 Å². The number of ether oxygens (including phenoxy) is 1. The lowest BCUT2D eigenvalue weighted by molar-refractivity contribution is -0.145. The first-order valence-corrected chi connectivity index (χ1v) is 8.08. The summed E-state index contributed by atoms with van der Waals surface area (Å²) in [5.74, 6) is -3.64. The highest BCUT2D eigenvalue weighted by molar-refractivity contribution is 5.85. The van der Waals surface area contributed by atoms with E-state index >= 15 is 0 Å². The van der Waals surface area contributed by atoms with Gasteiger partial charge in [0.1, 0.15) is 17.7 Å². The number of hydrogen-bond acceptors (Lipinski definition) is 3. The van der Waals surface area contributed by atoms with E-state index in [4.69, 9.17) is 0 Å². The van der Waals surface area contributed by atoms with E-state index in [2.05, 4.69) is 10.1 Å². The summed E-state index contributed by atoms with van der Waals surface area (Å²) in [6.07, 6.45) is -5.54. The van der Waals surface area contributed by atoms with Crippen LogP contribution in [0.1, 0.15) is 16.7 Å². The van der Waals surface area contributed by atoms with Crippen LogP contribution in [0.25, 0.3) is 0 Å². The minimum atomic E-state index is -4.57. The molecule has 28 heavy (non-hydrogen) atoms. The molecule has 1 amide bonds. The molecular formula is C19H16F5NO3. The average molecular weight is 401 g/mol. The van der Waals surface area contributed by atoms with Gasteiger partial charge in [-0.2, -0.15) is 13.2 Å². The zero-order chi connectivity index (χ0) is 20.9. The molecule has 0 bridgehead atoms. The monoisotopic (exact) mass is 401 g/mol. The van der Waals surface area contributed by atoms with E-state index in [1.54, 1.807) is 0 Å². The van der Waals surface area contributed by atoms with Gasteiger partial charge < -0.3 is 10.1 Å². The Labute approximate surface area is 157 Å². The Balaban J connectivity index is 2.16. The van der Waals surface area contributed by atoms with Crippen molar-refractivity contribution in [3.8, 4) is 0 Å². The van der Waals surface area contributed by atoms with Crippen molar-refractivity contribution >= 4 is 11.9 Å². The highest BCUT2D eigenvalue weighted by Gasteiger charge is 2.31. The molecule has 0 aliphatic carbocycles. The lowest BCUT2D eigenvalue weighted by Gasteiger charge is -2.17. The lowest BCUT2D eigenvalue weighted by atomic mass is 10.0. The molecule has 2 aromatic carbocycles. The third-order valence-corrected chi connectivity index (χ3v) is 3.91. The maximum Gasteiger partial charge on any atom is 0.416 e. The third-order valence-electron chi connectivity index (χ3n) is 3.91. The zero-order valence-corrected chi connectivity index (χ0v) is 14.6. The van der Waals surface area contributed by atoms with Gasteiger partial charge in [0.05, 0.1) is 19.1 Å². The van der Waals surface area contributed by atoms with Gasteiger partial charge in [-0.3, -0.25) is 4.79 Å². The molecule has 0 saturated heterocycles. The summed E-state index contributed by atoms with van der Waals surface area (Å²) >= 11 is 0. The van der Waals surface area contributed by atoms with E-state index in [0.29, 0.717) is 0 Å². The molecule has 0 unspecified atom stereocenters. The maximum atomic E-state index is 13.7. The van der Waals surface area contributed by atoms with E-state index in [1.807, 2.05) is 0 Å². The van der Waals surface area contributed by atoms with Crippen molar-refractivity contribution < 1.29 is 36.3 Å². The van der Waals surface area contributed by atoms with Crippen molar-refractivity contribution in [2.75, 3.05) is 7.11 Å². The van der Waals surface area contributed by atoms with Crippen LogP contribution >= 0.6 is 0 Å². The standard InChI is InChI=1S/C19H16F5NO3/c1-28-18(27)16(9-11-4-2-5-12(8-11)19(22,23)24)25-17(26)10-13-14(20)6-3-7-15(13)21/h2-8,16H,9-10H2,1H3,(H,25,26)/t16-/m0/s1. The molecule has 1 atom stereocenters. The highest BCUT2D eigenvalue weighted by atomic mass is 19.4. The minimum absolute atomic E-state index is 0.127. The predicted molar refractivity (Wildman–Crippen MR) is 89.2 cm³/mol. The fourth-order valence-corrected chi connectivity index (χ4v) is 2.55. The van der Waals surface area contributed by atoms with Gasteiger partial charge in [-0.1, -0.05) is 24.3 Å². The Hall–Kier alpha value is -2.97. The molecule has 1 N–H and O–H groups in total. The fourth-order valence-electron chi connectivity index (χ4n) is 2.55. The first kappa shape index (κ1) is 21.3. The summed E-state index contributed by atoms with van der Waals surface area (Å²) < 4.78 is 70.3. The average Bonchev–Trinajstić information content (AvgIpc) is 2.63. The number of halogens is 5. The highest BCUT2D eigenvalue weighted by Crippen LogP contribution is 2.29. The molecule has 0 aromatic heterocycles. The molecular weight excluding hydrogens is 385 g/mol. The summed E-state index contributed by atoms with van der Waals surface area (Å²) in [4.78, 5) is 24.0. The number of methoxy groups -OCH3 is 1. The number of benzene rings is 2. The van der Waals surface area contributed by atoms with Crippen molar-refractivity contribution in [1.29, 1.82) is 0 Å². The van der Waals surface area contributed by atoms with Crippen molar-refractivity contribution in [2.45, 2.75) is 25.1 Å². The van der Waals surface area contributed by atoms with Crippen molar-refractivity contribution in [3.05, 3.63) is 70.8 Å². The largest absolute Gasteiger partial charge is 0.467 e. The number of esters is 1. The zero-order valence-electron chi connectivity index (χ0n) is 14.6. The molecule has 4 nitrogen and oxygen atoms in total. The van der Waals surface area contributed by atoms with Gasteiger partial charge in [0.25, 0.3) is 0 Å². The molecule has 0 saturated carbocycles. The van der Waals surface area contributed by atoms with Crippen LogP contribution in [0.3, 0.4) is 0 Å². The molecule has 0 heterocycles. The van der Waals surface area contributed by atoms with Gasteiger partial charge in [-0.25, -0.2) is 13.6 Å². The number of nitrogens with one attached hydrogen (secondary N) is 1. The van der Waals surface area contributed by atoms with Gasteiger partial charge in [-0.05, 0) is 23.8 Å². The molecule has 0 spiro atoms. The summed E-state index contributed by atoms with van der Waals surface area (Å²) in [5, 5.41) is 2.25. The molecule has 2 rings (SSSR count). The van der Waals surface area contributed by atoms with Crippen LogP contribution in [0.2, 0.25) is 0 Å². The van der Waals surface area contributed by atoms with Crippen LogP contribution in [0.4, 0.5) is 22.0 Å². The number of amides is 1. The Kier molecular flexibility index (Phi) is 6.71. The normalized spacial score (nSPS) is 12.4. The second kappa shape index (κ2) is 8.81. The molecule has 9 heteroatoms.